The molecule has 1 aliphatic rings. The molecule has 3 aromatic heterocycles. The number of anilines is 1. The molecule has 0 aliphatic carbocycles. The highest BCUT2D eigenvalue weighted by molar-refractivity contribution is 6.34. The van der Waals surface area contributed by atoms with Crippen LogP contribution >= 0.6 is 11.6 Å². The first-order valence-corrected chi connectivity index (χ1v) is 15.0. The second-order valence-corrected chi connectivity index (χ2v) is 11.8. The number of aryl methyl sites for hydroxylation is 1. The van der Waals surface area contributed by atoms with E-state index in [1.54, 1.807) is 42.4 Å². The van der Waals surface area contributed by atoms with E-state index in [2.05, 4.69) is 21.9 Å². The minimum atomic E-state index is -0.518. The average molecular weight is 614 g/mol. The van der Waals surface area contributed by atoms with Gasteiger partial charge in [0.25, 0.3) is 5.91 Å². The van der Waals surface area contributed by atoms with E-state index < -0.39 is 5.69 Å². The van der Waals surface area contributed by atoms with Crippen LogP contribution in [0.1, 0.15) is 55.2 Å². The number of pyridine rings is 2. The number of rotatable bonds is 6. The quantitative estimate of drug-likeness (QED) is 0.308. The van der Waals surface area contributed by atoms with Crippen LogP contribution in [-0.2, 0) is 4.79 Å². The maximum atomic E-state index is 14.2. The van der Waals surface area contributed by atoms with Gasteiger partial charge in [0.2, 0.25) is 5.91 Å². The van der Waals surface area contributed by atoms with Crippen molar-refractivity contribution >= 4 is 40.3 Å². The van der Waals surface area contributed by atoms with Crippen LogP contribution < -0.4 is 15.9 Å². The first kappa shape index (κ1) is 30.9. The fraction of sp³-hybridized carbons (Fsp3) is 0.333. The number of nitrogens with zero attached hydrogens (tertiary/aromatic N) is 6. The first-order valence-electron chi connectivity index (χ1n) is 14.6. The molecule has 1 saturated heterocycles. The van der Waals surface area contributed by atoms with Crippen molar-refractivity contribution in [3.8, 4) is 16.9 Å². The smallest absolute Gasteiger partial charge is 0.355 e. The van der Waals surface area contributed by atoms with Gasteiger partial charge in [-0.05, 0) is 56.5 Å². The fourth-order valence-corrected chi connectivity index (χ4v) is 6.12. The molecule has 1 aromatic carbocycles. The highest BCUT2D eigenvalue weighted by Crippen LogP contribution is 2.37. The van der Waals surface area contributed by atoms with Crippen LogP contribution in [-0.4, -0.2) is 68.5 Å². The minimum absolute atomic E-state index is 0.00335. The highest BCUT2D eigenvalue weighted by atomic mass is 35.5. The van der Waals surface area contributed by atoms with Gasteiger partial charge in [-0.2, -0.15) is 4.98 Å². The van der Waals surface area contributed by atoms with Crippen molar-refractivity contribution in [2.75, 3.05) is 25.0 Å². The summed E-state index contributed by atoms with van der Waals surface area (Å²) >= 11 is 6.96. The number of hydrogen-bond donors (Lipinski definition) is 1. The number of piperazine rings is 1. The van der Waals surface area contributed by atoms with Gasteiger partial charge < -0.3 is 15.1 Å². The van der Waals surface area contributed by atoms with Gasteiger partial charge in [-0.1, -0.05) is 50.2 Å². The predicted molar refractivity (Wildman–Crippen MR) is 174 cm³/mol. The molecule has 2 amide bonds. The zero-order valence-corrected chi connectivity index (χ0v) is 26.5. The van der Waals surface area contributed by atoms with Crippen molar-refractivity contribution < 1.29 is 9.59 Å². The van der Waals surface area contributed by atoms with E-state index in [1.165, 1.54) is 10.6 Å². The molecular weight excluding hydrogens is 578 g/mol. The minimum Gasteiger partial charge on any atom is -0.355 e. The van der Waals surface area contributed by atoms with Gasteiger partial charge >= 0.3 is 5.69 Å². The predicted octanol–water partition coefficient (Wildman–Crippen LogP) is 4.90. The van der Waals surface area contributed by atoms with E-state index in [1.807, 2.05) is 51.7 Å². The Morgan fingerprint density at radius 1 is 1.11 bits per heavy atom. The summed E-state index contributed by atoms with van der Waals surface area (Å²) < 4.78 is 1.50. The molecule has 10 nitrogen and oxygen atoms in total. The maximum absolute atomic E-state index is 14.2. The molecule has 5 rings (SSSR count). The van der Waals surface area contributed by atoms with Gasteiger partial charge in [-0.3, -0.25) is 14.6 Å². The molecule has 44 heavy (non-hydrogen) atoms. The van der Waals surface area contributed by atoms with Crippen molar-refractivity contribution in [2.24, 2.45) is 0 Å². The molecule has 0 unspecified atom stereocenters. The molecule has 228 valence electrons. The van der Waals surface area contributed by atoms with Crippen molar-refractivity contribution in [1.29, 1.82) is 0 Å². The number of amides is 2. The number of aromatic nitrogens is 4. The molecule has 0 radical (unpaired) electrons. The number of hydrogen-bond acceptors (Lipinski definition) is 7. The van der Waals surface area contributed by atoms with Crippen LogP contribution in [0.5, 0.6) is 0 Å². The van der Waals surface area contributed by atoms with Crippen LogP contribution in [0.25, 0.3) is 28.0 Å². The number of benzene rings is 1. The zero-order chi connectivity index (χ0) is 31.9. The van der Waals surface area contributed by atoms with Crippen LogP contribution in [0.3, 0.4) is 0 Å². The number of carbonyl (C=O) groups excluding carboxylic acids is 2. The van der Waals surface area contributed by atoms with E-state index in [-0.39, 0.29) is 29.8 Å². The summed E-state index contributed by atoms with van der Waals surface area (Å²) in [4.78, 5) is 57.6. The molecule has 0 spiro atoms. The Labute approximate surface area is 261 Å². The Bertz CT molecular complexity index is 1850. The third-order valence-corrected chi connectivity index (χ3v) is 8.38. The molecule has 2 atom stereocenters. The number of halogens is 1. The Kier molecular flexibility index (Phi) is 8.56. The monoisotopic (exact) mass is 613 g/mol. The Morgan fingerprint density at radius 3 is 2.52 bits per heavy atom. The molecule has 0 saturated carbocycles. The van der Waals surface area contributed by atoms with Crippen molar-refractivity contribution in [3.05, 3.63) is 87.6 Å². The summed E-state index contributed by atoms with van der Waals surface area (Å²) in [5.41, 5.74) is 3.29. The van der Waals surface area contributed by atoms with E-state index in [9.17, 15) is 14.4 Å². The largest absolute Gasteiger partial charge is 0.355 e. The zero-order valence-electron chi connectivity index (χ0n) is 25.8. The molecule has 0 bridgehead atoms. The fourth-order valence-electron chi connectivity index (χ4n) is 5.87. The summed E-state index contributed by atoms with van der Waals surface area (Å²) in [5, 5.41) is 3.54. The summed E-state index contributed by atoms with van der Waals surface area (Å²) in [7, 11) is 1.56. The van der Waals surface area contributed by atoms with Gasteiger partial charge in [-0.25, -0.2) is 14.3 Å². The van der Waals surface area contributed by atoms with E-state index in [0.29, 0.717) is 57.5 Å². The van der Waals surface area contributed by atoms with Crippen LogP contribution in [0.15, 0.2) is 60.0 Å². The Hall–Kier alpha value is -4.57. The maximum Gasteiger partial charge on any atom is 0.355 e. The summed E-state index contributed by atoms with van der Waals surface area (Å²) in [5.74, 6) is 0.00376. The Morgan fingerprint density at radius 2 is 1.84 bits per heavy atom. The van der Waals surface area contributed by atoms with Gasteiger partial charge in [0.05, 0.1) is 27.5 Å². The lowest BCUT2D eigenvalue weighted by Crippen LogP contribution is -2.58. The van der Waals surface area contributed by atoms with Gasteiger partial charge in [0.1, 0.15) is 5.82 Å². The van der Waals surface area contributed by atoms with E-state index >= 15 is 0 Å². The van der Waals surface area contributed by atoms with Crippen LogP contribution in [0.2, 0.25) is 5.02 Å². The van der Waals surface area contributed by atoms with Gasteiger partial charge in [0, 0.05) is 49.5 Å². The molecule has 4 aromatic rings. The summed E-state index contributed by atoms with van der Waals surface area (Å²) in [6.07, 6.45) is 3.05. The standard InChI is InChI=1S/C33H36ClN7O3/c1-8-26(42)39-16-21(6)40(17-20(39)5)30-24-15-25(34)28(22-11-9-10-12-23(22)32(43)35-7)37-31(24)41(33(44)38-30)29-19(4)13-14-36-27(29)18(2)3/h8-15,18,20-21H,1,16-17H2,2-7H3,(H,35,43)/t20-,21+/m1/s1. The molecule has 1 N–H and O–H groups in total. The SMILES string of the molecule is C=CC(=O)N1C[C@H](C)N(c2nc(=O)n(-c3c(C)ccnc3C(C)C)c3nc(-c4ccccc4C(=O)NC)c(Cl)cc23)C[C@H]1C. The molecule has 1 fully saturated rings. The molecular formula is C33H36ClN7O3. The van der Waals surface area contributed by atoms with Crippen molar-refractivity contribution in [1.82, 2.24) is 29.7 Å². The number of nitrogens with one attached hydrogen (secondary N) is 1. The second-order valence-electron chi connectivity index (χ2n) is 11.4. The second kappa shape index (κ2) is 12.2. The average Bonchev–Trinajstić information content (AvgIpc) is 3.01. The van der Waals surface area contributed by atoms with Crippen molar-refractivity contribution in [2.45, 2.75) is 52.6 Å². The lowest BCUT2D eigenvalue weighted by atomic mass is 10.0. The molecule has 4 heterocycles. The first-order chi connectivity index (χ1) is 21.0. The third-order valence-electron chi connectivity index (χ3n) is 8.10. The summed E-state index contributed by atoms with van der Waals surface area (Å²) in [6, 6.07) is 10.4. The van der Waals surface area contributed by atoms with E-state index in [4.69, 9.17) is 16.6 Å². The molecule has 11 heteroatoms. The topological polar surface area (TPSA) is 113 Å². The van der Waals surface area contributed by atoms with Gasteiger partial charge in [0.15, 0.2) is 5.65 Å². The highest BCUT2D eigenvalue weighted by Gasteiger charge is 2.34. The molecule has 1 aliphatic heterocycles. The van der Waals surface area contributed by atoms with Crippen LogP contribution in [0.4, 0.5) is 5.82 Å². The van der Waals surface area contributed by atoms with E-state index in [0.717, 1.165) is 11.3 Å². The van der Waals surface area contributed by atoms with Crippen molar-refractivity contribution in [3.63, 3.8) is 0 Å². The van der Waals surface area contributed by atoms with Crippen LogP contribution in [0, 0.1) is 6.92 Å². The number of fused-ring (bicyclic) bond motifs is 1. The van der Waals surface area contributed by atoms with Gasteiger partial charge in [-0.15, -0.1) is 0 Å². The summed E-state index contributed by atoms with van der Waals surface area (Å²) in [6.45, 7) is 14.4. The lowest BCUT2D eigenvalue weighted by Gasteiger charge is -2.44. The lowest BCUT2D eigenvalue weighted by molar-refractivity contribution is -0.128. The third kappa shape index (κ3) is 5.34. The normalized spacial score (nSPS) is 16.8. The Balaban J connectivity index is 1.84. The number of carbonyl (C=O) groups is 2.